The van der Waals surface area contributed by atoms with E-state index in [0.29, 0.717) is 10.6 Å². The quantitative estimate of drug-likeness (QED) is 0.309. The summed E-state index contributed by atoms with van der Waals surface area (Å²) in [4.78, 5) is 52.4. The Morgan fingerprint density at radius 1 is 0.935 bits per heavy atom. The molecule has 0 unspecified atom stereocenters. The number of ether oxygens (including phenoxy) is 1. The van der Waals surface area contributed by atoms with Gasteiger partial charge >= 0.3 is 5.97 Å². The van der Waals surface area contributed by atoms with E-state index >= 15 is 0 Å². The predicted octanol–water partition coefficient (Wildman–Crippen LogP) is 3.69. The molecule has 4 atom stereocenters. The van der Waals surface area contributed by atoms with Gasteiger partial charge in [-0.2, -0.15) is 0 Å². The molecule has 0 aromatic heterocycles. The zero-order valence-corrected chi connectivity index (χ0v) is 17.1. The van der Waals surface area contributed by atoms with Gasteiger partial charge in [-0.3, -0.25) is 14.4 Å². The van der Waals surface area contributed by atoms with Crippen molar-refractivity contribution in [2.45, 2.75) is 6.42 Å². The van der Waals surface area contributed by atoms with Crippen LogP contribution in [0.5, 0.6) is 0 Å². The number of imide groups is 1. The van der Waals surface area contributed by atoms with Gasteiger partial charge in [-0.15, -0.1) is 0 Å². The van der Waals surface area contributed by atoms with Crippen LogP contribution in [0.15, 0.2) is 60.7 Å². The Bertz CT molecular complexity index is 1110. The van der Waals surface area contributed by atoms with Crippen molar-refractivity contribution in [2.24, 2.45) is 23.7 Å². The average Bonchev–Trinajstić information content (AvgIpc) is 3.46. The lowest BCUT2D eigenvalue weighted by atomic mass is 9.85. The number of benzene rings is 2. The van der Waals surface area contributed by atoms with Crippen LogP contribution in [0.1, 0.15) is 27.1 Å². The molecule has 0 radical (unpaired) electrons. The molecule has 0 N–H and O–H groups in total. The van der Waals surface area contributed by atoms with Crippen LogP contribution in [-0.2, 0) is 14.3 Å². The summed E-state index contributed by atoms with van der Waals surface area (Å²) in [6, 6.07) is 12.6. The van der Waals surface area contributed by atoms with Gasteiger partial charge in [0.25, 0.3) is 0 Å². The number of amides is 2. The molecule has 2 aliphatic carbocycles. The Morgan fingerprint density at radius 3 is 2.19 bits per heavy atom. The summed E-state index contributed by atoms with van der Waals surface area (Å²) in [6.07, 6.45) is 4.86. The topological polar surface area (TPSA) is 80.8 Å². The van der Waals surface area contributed by atoms with Crippen LogP contribution in [0.4, 0.5) is 5.69 Å². The maximum atomic E-state index is 13.1. The van der Waals surface area contributed by atoms with E-state index in [0.717, 1.165) is 11.3 Å². The molecule has 6 nitrogen and oxygen atoms in total. The number of halogens is 1. The smallest absolute Gasteiger partial charge is 0.340 e. The molecule has 2 amide bonds. The SMILES string of the molecule is O=C(COC(=O)c1ccccc1N1C(=O)[C@@H]2[C@H](C1=O)[C@H]1C=C[C@H]2C1)c1ccc(Cl)cc1. The third kappa shape index (κ3) is 3.18. The molecule has 3 aliphatic rings. The Morgan fingerprint density at radius 2 is 1.55 bits per heavy atom. The van der Waals surface area contributed by atoms with Crippen molar-refractivity contribution >= 4 is 40.9 Å². The summed E-state index contributed by atoms with van der Waals surface area (Å²) in [5.41, 5.74) is 0.648. The van der Waals surface area contributed by atoms with Gasteiger partial charge in [0.1, 0.15) is 0 Å². The van der Waals surface area contributed by atoms with E-state index in [1.807, 2.05) is 12.2 Å². The van der Waals surface area contributed by atoms with Crippen molar-refractivity contribution in [3.05, 3.63) is 76.8 Å². The number of Topliss-reactive ketones (excluding diaryl/α,β-unsaturated/α-hetero) is 1. The van der Waals surface area contributed by atoms with Gasteiger partial charge in [-0.1, -0.05) is 35.9 Å². The number of carbonyl (C=O) groups is 4. The Balaban J connectivity index is 1.35. The normalized spacial score (nSPS) is 25.8. The molecule has 31 heavy (non-hydrogen) atoms. The number of anilines is 1. The number of fused-ring (bicyclic) bond motifs is 5. The average molecular weight is 436 g/mol. The largest absolute Gasteiger partial charge is 0.454 e. The maximum Gasteiger partial charge on any atom is 0.340 e. The molecule has 1 saturated heterocycles. The van der Waals surface area contributed by atoms with Crippen molar-refractivity contribution < 1.29 is 23.9 Å². The summed E-state index contributed by atoms with van der Waals surface area (Å²) in [5, 5.41) is 0.496. The minimum absolute atomic E-state index is 0.0764. The lowest BCUT2D eigenvalue weighted by Gasteiger charge is -2.19. The maximum absolute atomic E-state index is 13.1. The fourth-order valence-electron chi connectivity index (χ4n) is 4.91. The number of para-hydroxylation sites is 1. The fraction of sp³-hybridized carbons (Fsp3) is 0.250. The molecule has 1 aliphatic heterocycles. The second kappa shape index (κ2) is 7.46. The zero-order chi connectivity index (χ0) is 21.7. The number of esters is 1. The molecular formula is C24H18ClNO5. The minimum Gasteiger partial charge on any atom is -0.454 e. The molecule has 2 fully saturated rings. The number of allylic oxidation sites excluding steroid dienone is 2. The highest BCUT2D eigenvalue weighted by Gasteiger charge is 2.59. The van der Waals surface area contributed by atoms with E-state index in [4.69, 9.17) is 16.3 Å². The van der Waals surface area contributed by atoms with E-state index < -0.39 is 12.6 Å². The summed E-state index contributed by atoms with van der Waals surface area (Å²) in [6.45, 7) is -0.462. The van der Waals surface area contributed by atoms with Gasteiger partial charge in [0.2, 0.25) is 11.8 Å². The van der Waals surface area contributed by atoms with Gasteiger partial charge in [0, 0.05) is 10.6 Å². The Hall–Kier alpha value is -3.25. The van der Waals surface area contributed by atoms with Gasteiger partial charge in [0.15, 0.2) is 12.4 Å². The molecule has 2 bridgehead atoms. The van der Waals surface area contributed by atoms with E-state index in [-0.39, 0.29) is 52.5 Å². The van der Waals surface area contributed by atoms with Crippen molar-refractivity contribution in [1.82, 2.24) is 0 Å². The third-order valence-corrected chi connectivity index (χ3v) is 6.59. The van der Waals surface area contributed by atoms with E-state index in [1.165, 1.54) is 6.07 Å². The highest BCUT2D eigenvalue weighted by Crippen LogP contribution is 2.53. The van der Waals surface area contributed by atoms with Crippen molar-refractivity contribution in [3.8, 4) is 0 Å². The highest BCUT2D eigenvalue weighted by atomic mass is 35.5. The molecule has 2 aromatic carbocycles. The highest BCUT2D eigenvalue weighted by molar-refractivity contribution is 6.30. The van der Waals surface area contributed by atoms with Crippen molar-refractivity contribution in [3.63, 3.8) is 0 Å². The van der Waals surface area contributed by atoms with Crippen LogP contribution in [0.3, 0.4) is 0 Å². The number of hydrogen-bond acceptors (Lipinski definition) is 5. The second-order valence-corrected chi connectivity index (χ2v) is 8.47. The van der Waals surface area contributed by atoms with Crippen LogP contribution in [0.25, 0.3) is 0 Å². The number of nitrogens with zero attached hydrogens (tertiary/aromatic N) is 1. The van der Waals surface area contributed by atoms with Crippen LogP contribution in [-0.4, -0.2) is 30.2 Å². The lowest BCUT2D eigenvalue weighted by Crippen LogP contribution is -2.34. The van der Waals surface area contributed by atoms with Gasteiger partial charge in [0.05, 0.1) is 23.1 Å². The van der Waals surface area contributed by atoms with Crippen LogP contribution >= 0.6 is 11.6 Å². The molecule has 5 rings (SSSR count). The predicted molar refractivity (Wildman–Crippen MR) is 113 cm³/mol. The first-order chi connectivity index (χ1) is 15.0. The lowest BCUT2D eigenvalue weighted by molar-refractivity contribution is -0.123. The fourth-order valence-corrected chi connectivity index (χ4v) is 5.03. The molecule has 156 valence electrons. The monoisotopic (exact) mass is 435 g/mol. The first kappa shape index (κ1) is 19.7. The van der Waals surface area contributed by atoms with Gasteiger partial charge in [-0.05, 0) is 54.7 Å². The summed E-state index contributed by atoms with van der Waals surface area (Å²) < 4.78 is 5.21. The number of carbonyl (C=O) groups excluding carboxylic acids is 4. The number of rotatable bonds is 5. The molecule has 1 saturated carbocycles. The number of ketones is 1. The Kier molecular flexibility index (Phi) is 4.74. The van der Waals surface area contributed by atoms with E-state index in [1.54, 1.807) is 42.5 Å². The van der Waals surface area contributed by atoms with E-state index in [9.17, 15) is 19.2 Å². The summed E-state index contributed by atoms with van der Waals surface area (Å²) >= 11 is 5.82. The first-order valence-corrected chi connectivity index (χ1v) is 10.4. The van der Waals surface area contributed by atoms with Crippen LogP contribution < -0.4 is 4.90 Å². The molecule has 7 heteroatoms. The minimum atomic E-state index is -0.767. The second-order valence-electron chi connectivity index (χ2n) is 8.04. The standard InChI is InChI=1S/C24H18ClNO5/c25-16-9-7-13(8-10-16)19(27)12-31-24(30)17-3-1-2-4-18(17)26-22(28)20-14-5-6-15(11-14)21(20)23(26)29/h1-10,14-15,20-21H,11-12H2/t14-,15-,20-,21+/m0/s1. The first-order valence-electron chi connectivity index (χ1n) is 10.1. The number of hydrogen-bond donors (Lipinski definition) is 0. The molecule has 1 heterocycles. The van der Waals surface area contributed by atoms with Gasteiger partial charge < -0.3 is 4.74 Å². The van der Waals surface area contributed by atoms with Crippen molar-refractivity contribution in [1.29, 1.82) is 0 Å². The van der Waals surface area contributed by atoms with E-state index in [2.05, 4.69) is 0 Å². The zero-order valence-electron chi connectivity index (χ0n) is 16.4. The molecular weight excluding hydrogens is 418 g/mol. The summed E-state index contributed by atoms with van der Waals surface area (Å²) in [7, 11) is 0. The molecule has 0 spiro atoms. The summed E-state index contributed by atoms with van der Waals surface area (Å²) in [5.74, 6) is -2.27. The molecule has 2 aromatic rings. The van der Waals surface area contributed by atoms with Crippen LogP contribution in [0, 0.1) is 23.7 Å². The Labute approximate surface area is 183 Å². The third-order valence-electron chi connectivity index (χ3n) is 6.34. The van der Waals surface area contributed by atoms with Crippen LogP contribution in [0.2, 0.25) is 5.02 Å². The van der Waals surface area contributed by atoms with Crippen molar-refractivity contribution in [2.75, 3.05) is 11.5 Å². The van der Waals surface area contributed by atoms with Gasteiger partial charge in [-0.25, -0.2) is 9.69 Å².